The highest BCUT2D eigenvalue weighted by Crippen LogP contribution is 2.51. The van der Waals surface area contributed by atoms with Crippen LogP contribution in [0, 0.1) is 0 Å². The molecule has 2 aromatic rings. The van der Waals surface area contributed by atoms with E-state index in [1.54, 1.807) is 12.1 Å². The normalized spacial score (nSPS) is 12.9. The molecule has 2 aromatic carbocycles. The van der Waals surface area contributed by atoms with Crippen molar-refractivity contribution in [1.29, 1.82) is 0 Å². The zero-order valence-corrected chi connectivity index (χ0v) is 23.4. The Labute approximate surface area is 204 Å². The van der Waals surface area contributed by atoms with Crippen molar-refractivity contribution in [2.24, 2.45) is 0 Å². The van der Waals surface area contributed by atoms with Crippen LogP contribution in [0.1, 0.15) is 25.0 Å². The number of halogens is 6. The highest BCUT2D eigenvalue weighted by Gasteiger charge is 2.32. The van der Waals surface area contributed by atoms with Crippen LogP contribution in [-0.2, 0) is 5.41 Å². The molecule has 1 N–H and O–H groups in total. The Morgan fingerprint density at radius 2 is 1.46 bits per heavy atom. The standard InChI is InChI=1S/C18H16Br6O2/c1-18(2,9-3-5-11(25)6-4-9)12-13(21)15(23)17(16(24)14(12)22)26-8-10(20)7-19/h3-6,10,25H,7-8H2,1-2H3. The van der Waals surface area contributed by atoms with Gasteiger partial charge in [0.2, 0.25) is 0 Å². The van der Waals surface area contributed by atoms with Gasteiger partial charge in [-0.25, -0.2) is 0 Å². The highest BCUT2D eigenvalue weighted by molar-refractivity contribution is 9.14. The van der Waals surface area contributed by atoms with Crippen molar-refractivity contribution in [1.82, 2.24) is 0 Å². The summed E-state index contributed by atoms with van der Waals surface area (Å²) in [5.74, 6) is 0.990. The van der Waals surface area contributed by atoms with Crippen LogP contribution in [0.15, 0.2) is 42.2 Å². The van der Waals surface area contributed by atoms with Gasteiger partial charge in [0.1, 0.15) is 18.1 Å². The van der Waals surface area contributed by atoms with E-state index in [1.807, 2.05) is 12.1 Å². The van der Waals surface area contributed by atoms with Gasteiger partial charge in [0, 0.05) is 19.7 Å². The van der Waals surface area contributed by atoms with E-state index < -0.39 is 0 Å². The predicted molar refractivity (Wildman–Crippen MR) is 129 cm³/mol. The molecule has 0 aromatic heterocycles. The lowest BCUT2D eigenvalue weighted by atomic mass is 9.78. The largest absolute Gasteiger partial charge is 0.508 e. The summed E-state index contributed by atoms with van der Waals surface area (Å²) in [5.41, 5.74) is 1.84. The van der Waals surface area contributed by atoms with Crippen molar-refractivity contribution in [3.8, 4) is 11.5 Å². The van der Waals surface area contributed by atoms with Crippen molar-refractivity contribution in [3.63, 3.8) is 0 Å². The van der Waals surface area contributed by atoms with E-state index in [0.29, 0.717) is 6.61 Å². The summed E-state index contributed by atoms with van der Waals surface area (Å²) in [4.78, 5) is 0.215. The zero-order valence-electron chi connectivity index (χ0n) is 13.9. The van der Waals surface area contributed by atoms with E-state index in [-0.39, 0.29) is 16.0 Å². The van der Waals surface area contributed by atoms with Gasteiger partial charge in [-0.05, 0) is 87.0 Å². The number of phenols is 1. The second-order valence-electron chi connectivity index (χ2n) is 6.19. The number of phenolic OH excluding ortho intramolecular Hbond substituents is 1. The maximum Gasteiger partial charge on any atom is 0.150 e. The van der Waals surface area contributed by atoms with Crippen molar-refractivity contribution in [2.75, 3.05) is 11.9 Å². The molecular weight excluding hydrogens is 728 g/mol. The Morgan fingerprint density at radius 1 is 0.962 bits per heavy atom. The van der Waals surface area contributed by atoms with Gasteiger partial charge in [-0.2, -0.15) is 0 Å². The quantitative estimate of drug-likeness (QED) is 0.239. The third-order valence-corrected chi connectivity index (χ3v) is 10.4. The Balaban J connectivity index is 2.55. The van der Waals surface area contributed by atoms with Crippen LogP contribution in [0.2, 0.25) is 0 Å². The molecule has 8 heteroatoms. The van der Waals surface area contributed by atoms with E-state index in [2.05, 4.69) is 109 Å². The second kappa shape index (κ2) is 9.61. The number of alkyl halides is 2. The molecule has 2 rings (SSSR count). The first kappa shape index (κ1) is 23.2. The van der Waals surface area contributed by atoms with E-state index >= 15 is 0 Å². The SMILES string of the molecule is CC(C)(c1ccc(O)cc1)c1c(Br)c(Br)c(OCC(Br)CBr)c(Br)c1Br. The van der Waals surface area contributed by atoms with Gasteiger partial charge in [0.25, 0.3) is 0 Å². The maximum atomic E-state index is 9.59. The lowest BCUT2D eigenvalue weighted by molar-refractivity contribution is 0.320. The van der Waals surface area contributed by atoms with Gasteiger partial charge in [-0.1, -0.05) is 57.8 Å². The number of rotatable bonds is 6. The minimum atomic E-state index is -0.317. The van der Waals surface area contributed by atoms with Gasteiger partial charge >= 0.3 is 0 Å². The Bertz CT molecular complexity index is 760. The molecule has 0 aliphatic rings. The summed E-state index contributed by atoms with van der Waals surface area (Å²) in [6, 6.07) is 7.28. The summed E-state index contributed by atoms with van der Waals surface area (Å²) >= 11 is 21.8. The van der Waals surface area contributed by atoms with Crippen LogP contribution < -0.4 is 4.74 Å². The van der Waals surface area contributed by atoms with Crippen molar-refractivity contribution in [2.45, 2.75) is 24.1 Å². The fourth-order valence-corrected chi connectivity index (χ4v) is 6.15. The molecule has 0 aliphatic carbocycles. The van der Waals surface area contributed by atoms with Gasteiger partial charge in [-0.3, -0.25) is 0 Å². The Morgan fingerprint density at radius 3 is 1.92 bits per heavy atom. The Kier molecular flexibility index (Phi) is 8.58. The number of hydrogen-bond acceptors (Lipinski definition) is 2. The lowest BCUT2D eigenvalue weighted by Gasteiger charge is -2.30. The van der Waals surface area contributed by atoms with Crippen molar-refractivity contribution < 1.29 is 9.84 Å². The third kappa shape index (κ3) is 4.90. The van der Waals surface area contributed by atoms with Gasteiger partial charge < -0.3 is 9.84 Å². The predicted octanol–water partition coefficient (Wildman–Crippen LogP) is 8.31. The fraction of sp³-hybridized carbons (Fsp3) is 0.333. The summed E-state index contributed by atoms with van der Waals surface area (Å²) in [5, 5.41) is 10.4. The van der Waals surface area contributed by atoms with Gasteiger partial charge in [0.15, 0.2) is 0 Å². The summed E-state index contributed by atoms with van der Waals surface area (Å²) < 4.78 is 9.55. The fourth-order valence-electron chi connectivity index (χ4n) is 2.53. The second-order valence-corrected chi connectivity index (χ2v) is 11.3. The molecule has 0 saturated carbocycles. The topological polar surface area (TPSA) is 29.5 Å². The molecule has 0 heterocycles. The van der Waals surface area contributed by atoms with Crippen molar-refractivity contribution in [3.05, 3.63) is 53.3 Å². The molecule has 0 saturated heterocycles. The number of aromatic hydroxyl groups is 1. The minimum absolute atomic E-state index is 0.215. The molecule has 0 amide bonds. The van der Waals surface area contributed by atoms with Crippen LogP contribution in [0.3, 0.4) is 0 Å². The number of ether oxygens (including phenoxy) is 1. The van der Waals surface area contributed by atoms with E-state index in [4.69, 9.17) is 4.74 Å². The average Bonchev–Trinajstić information content (AvgIpc) is 2.60. The van der Waals surface area contributed by atoms with Crippen LogP contribution in [-0.4, -0.2) is 21.9 Å². The summed E-state index contributed by atoms with van der Waals surface area (Å²) in [6.45, 7) is 4.81. The van der Waals surface area contributed by atoms with Crippen LogP contribution in [0.25, 0.3) is 0 Å². The molecule has 1 atom stereocenters. The first-order valence-corrected chi connectivity index (χ1v) is 12.8. The zero-order chi connectivity index (χ0) is 19.6. The Hall–Kier alpha value is 0.920. The first-order valence-electron chi connectivity index (χ1n) is 7.60. The third-order valence-electron chi connectivity index (χ3n) is 4.01. The van der Waals surface area contributed by atoms with E-state index in [0.717, 1.165) is 40.1 Å². The average molecular weight is 744 g/mol. The summed E-state index contributed by atoms with van der Waals surface area (Å²) in [6.07, 6.45) is 0. The van der Waals surface area contributed by atoms with Gasteiger partial charge in [0.05, 0.1) is 13.8 Å². The van der Waals surface area contributed by atoms with Crippen molar-refractivity contribution >= 4 is 95.6 Å². The molecule has 142 valence electrons. The summed E-state index contributed by atoms with van der Waals surface area (Å²) in [7, 11) is 0. The molecule has 1 unspecified atom stereocenters. The molecule has 0 fully saturated rings. The molecule has 0 bridgehead atoms. The first-order chi connectivity index (χ1) is 12.1. The van der Waals surface area contributed by atoms with E-state index in [9.17, 15) is 5.11 Å². The smallest absolute Gasteiger partial charge is 0.150 e. The molecule has 0 aliphatic heterocycles. The van der Waals surface area contributed by atoms with Crippen LogP contribution >= 0.6 is 95.6 Å². The van der Waals surface area contributed by atoms with Crippen LogP contribution in [0.5, 0.6) is 11.5 Å². The monoisotopic (exact) mass is 738 g/mol. The van der Waals surface area contributed by atoms with E-state index in [1.165, 1.54) is 0 Å². The minimum Gasteiger partial charge on any atom is -0.508 e. The maximum absolute atomic E-state index is 9.59. The number of benzene rings is 2. The molecule has 2 nitrogen and oxygen atoms in total. The van der Waals surface area contributed by atoms with Gasteiger partial charge in [-0.15, -0.1) is 0 Å². The highest BCUT2D eigenvalue weighted by atomic mass is 79.9. The molecule has 26 heavy (non-hydrogen) atoms. The number of hydrogen-bond donors (Lipinski definition) is 1. The lowest BCUT2D eigenvalue weighted by Crippen LogP contribution is -2.21. The van der Waals surface area contributed by atoms with Crippen LogP contribution in [0.4, 0.5) is 0 Å². The molecular formula is C18H16Br6O2. The molecule has 0 radical (unpaired) electrons. The molecule has 0 spiro atoms.